The van der Waals surface area contributed by atoms with Gasteiger partial charge in [0.15, 0.2) is 11.5 Å². The van der Waals surface area contributed by atoms with E-state index >= 15 is 0 Å². The lowest BCUT2D eigenvalue weighted by Crippen LogP contribution is -2.21. The first kappa shape index (κ1) is 16.7. The summed E-state index contributed by atoms with van der Waals surface area (Å²) < 4.78 is 14.5. The van der Waals surface area contributed by atoms with Gasteiger partial charge in [0.05, 0.1) is 22.3 Å². The zero-order valence-corrected chi connectivity index (χ0v) is 15.7. The van der Waals surface area contributed by atoms with Crippen LogP contribution in [0.1, 0.15) is 0 Å². The fraction of sp³-hybridized carbons (Fsp3) is 0.0909. The number of nitrogens with zero attached hydrogens (tertiary/aromatic N) is 5. The van der Waals surface area contributed by atoms with Gasteiger partial charge in [-0.3, -0.25) is 9.36 Å². The van der Waals surface area contributed by atoms with Crippen molar-refractivity contribution in [2.45, 2.75) is 0 Å². The molecule has 8 heteroatoms. The summed E-state index contributed by atoms with van der Waals surface area (Å²) in [5.74, 6) is 1.74. The predicted molar refractivity (Wildman–Crippen MR) is 110 cm³/mol. The number of hydrogen-bond acceptors (Lipinski definition) is 6. The van der Waals surface area contributed by atoms with Crippen LogP contribution in [0.25, 0.3) is 33.6 Å². The topological polar surface area (TPSA) is 83.5 Å². The van der Waals surface area contributed by atoms with Gasteiger partial charge >= 0.3 is 0 Å². The van der Waals surface area contributed by atoms with E-state index in [0.29, 0.717) is 52.8 Å². The molecule has 0 bridgehead atoms. The maximum absolute atomic E-state index is 13.6. The van der Waals surface area contributed by atoms with Gasteiger partial charge in [-0.05, 0) is 18.2 Å². The number of rotatable bonds is 2. The van der Waals surface area contributed by atoms with E-state index < -0.39 is 0 Å². The zero-order valence-electron chi connectivity index (χ0n) is 15.7. The largest absolute Gasteiger partial charge is 0.486 e. The molecular formula is C22H15N5O3. The van der Waals surface area contributed by atoms with E-state index in [9.17, 15) is 4.79 Å². The lowest BCUT2D eigenvalue weighted by atomic mass is 10.1. The highest BCUT2D eigenvalue weighted by Crippen LogP contribution is 2.32. The Morgan fingerprint density at radius 1 is 0.933 bits per heavy atom. The Labute approximate surface area is 170 Å². The maximum Gasteiger partial charge on any atom is 0.266 e. The van der Waals surface area contributed by atoms with E-state index in [2.05, 4.69) is 15.1 Å². The average Bonchev–Trinajstić information content (AvgIpc) is 3.26. The van der Waals surface area contributed by atoms with Crippen molar-refractivity contribution in [3.8, 4) is 28.4 Å². The lowest BCUT2D eigenvalue weighted by Gasteiger charge is -2.19. The number of pyridine rings is 1. The van der Waals surface area contributed by atoms with Crippen molar-refractivity contribution in [3.05, 3.63) is 77.5 Å². The molecule has 3 aromatic heterocycles. The molecule has 146 valence electrons. The Kier molecular flexibility index (Phi) is 3.58. The molecule has 0 N–H and O–H groups in total. The van der Waals surface area contributed by atoms with Gasteiger partial charge in [0.2, 0.25) is 0 Å². The standard InChI is InChI=1S/C22H15N5O3/c28-21-19-16(8-9-26(21)15-6-7-17-18(12-15)30-11-10-29-17)25-22-23-13-24-27(22)20(19)14-4-2-1-3-5-14/h1-9,12-13H,10-11H2. The Bertz CT molecular complexity index is 1470. The quantitative estimate of drug-likeness (QED) is 0.456. The molecule has 8 nitrogen and oxygen atoms in total. The van der Waals surface area contributed by atoms with E-state index in [-0.39, 0.29) is 5.56 Å². The fourth-order valence-corrected chi connectivity index (χ4v) is 3.77. The summed E-state index contributed by atoms with van der Waals surface area (Å²) in [7, 11) is 0. The lowest BCUT2D eigenvalue weighted by molar-refractivity contribution is 0.171. The van der Waals surface area contributed by atoms with Gasteiger partial charge in [0.1, 0.15) is 19.5 Å². The first-order valence-corrected chi connectivity index (χ1v) is 9.50. The van der Waals surface area contributed by atoms with Crippen LogP contribution in [0.3, 0.4) is 0 Å². The van der Waals surface area contributed by atoms with Crippen LogP contribution in [-0.4, -0.2) is 37.4 Å². The third-order valence-corrected chi connectivity index (χ3v) is 5.12. The fourth-order valence-electron chi connectivity index (χ4n) is 3.77. The van der Waals surface area contributed by atoms with Crippen molar-refractivity contribution in [2.24, 2.45) is 0 Å². The molecule has 0 unspecified atom stereocenters. The van der Waals surface area contributed by atoms with Gasteiger partial charge in [0.25, 0.3) is 11.3 Å². The van der Waals surface area contributed by atoms with Crippen molar-refractivity contribution in [1.29, 1.82) is 0 Å². The molecule has 0 fully saturated rings. The molecule has 30 heavy (non-hydrogen) atoms. The third-order valence-electron chi connectivity index (χ3n) is 5.12. The van der Waals surface area contributed by atoms with Crippen molar-refractivity contribution < 1.29 is 9.47 Å². The first-order chi connectivity index (χ1) is 14.8. The van der Waals surface area contributed by atoms with Gasteiger partial charge in [-0.25, -0.2) is 4.98 Å². The normalized spacial score (nSPS) is 13.1. The second-order valence-electron chi connectivity index (χ2n) is 6.88. The van der Waals surface area contributed by atoms with Crippen LogP contribution in [0.15, 0.2) is 71.9 Å². The highest BCUT2D eigenvalue weighted by atomic mass is 16.6. The molecule has 0 atom stereocenters. The summed E-state index contributed by atoms with van der Waals surface area (Å²) in [6.45, 7) is 0.998. The molecule has 0 amide bonds. The third kappa shape index (κ3) is 2.47. The van der Waals surface area contributed by atoms with E-state index in [0.717, 1.165) is 5.56 Å². The minimum atomic E-state index is -0.201. The Morgan fingerprint density at radius 3 is 2.63 bits per heavy atom. The minimum absolute atomic E-state index is 0.201. The molecule has 0 saturated heterocycles. The van der Waals surface area contributed by atoms with Gasteiger partial charge < -0.3 is 9.47 Å². The van der Waals surface area contributed by atoms with Gasteiger partial charge in [-0.1, -0.05) is 30.3 Å². The van der Waals surface area contributed by atoms with Crippen LogP contribution in [0.5, 0.6) is 11.5 Å². The number of ether oxygens (including phenoxy) is 2. The molecule has 1 aliphatic rings. The Morgan fingerprint density at radius 2 is 1.77 bits per heavy atom. The molecule has 2 aromatic carbocycles. The number of benzene rings is 2. The van der Waals surface area contributed by atoms with Crippen molar-refractivity contribution in [3.63, 3.8) is 0 Å². The molecule has 1 aliphatic heterocycles. The van der Waals surface area contributed by atoms with Crippen molar-refractivity contribution >= 4 is 16.7 Å². The van der Waals surface area contributed by atoms with Gasteiger partial charge in [-0.15, -0.1) is 0 Å². The van der Waals surface area contributed by atoms with Crippen LogP contribution in [-0.2, 0) is 0 Å². The zero-order chi connectivity index (χ0) is 20.1. The summed E-state index contributed by atoms with van der Waals surface area (Å²) in [6, 6.07) is 16.9. The first-order valence-electron chi connectivity index (χ1n) is 9.50. The van der Waals surface area contributed by atoms with Crippen LogP contribution >= 0.6 is 0 Å². The summed E-state index contributed by atoms with van der Waals surface area (Å²) in [4.78, 5) is 22.4. The SMILES string of the molecule is O=c1c2c(-c3ccccc3)n3ncnc3nc2ccn1-c1ccc2c(c1)OCCO2. The smallest absolute Gasteiger partial charge is 0.266 e. The number of hydrogen-bond donors (Lipinski definition) is 0. The van der Waals surface area contributed by atoms with Crippen LogP contribution in [0.4, 0.5) is 0 Å². The molecule has 0 radical (unpaired) electrons. The second-order valence-corrected chi connectivity index (χ2v) is 6.88. The van der Waals surface area contributed by atoms with Gasteiger partial charge in [0, 0.05) is 17.8 Å². The molecule has 4 heterocycles. The predicted octanol–water partition coefficient (Wildman–Crippen LogP) is 2.87. The second kappa shape index (κ2) is 6.41. The number of fused-ring (bicyclic) bond motifs is 3. The van der Waals surface area contributed by atoms with Gasteiger partial charge in [-0.2, -0.15) is 14.6 Å². The average molecular weight is 397 g/mol. The Balaban J connectivity index is 1.66. The molecule has 6 rings (SSSR count). The minimum Gasteiger partial charge on any atom is -0.486 e. The van der Waals surface area contributed by atoms with Crippen molar-refractivity contribution in [2.75, 3.05) is 13.2 Å². The van der Waals surface area contributed by atoms with Crippen molar-refractivity contribution in [1.82, 2.24) is 24.1 Å². The monoisotopic (exact) mass is 397 g/mol. The van der Waals surface area contributed by atoms with E-state index in [1.165, 1.54) is 6.33 Å². The molecule has 0 saturated carbocycles. The Hall–Kier alpha value is -4.20. The van der Waals surface area contributed by atoms with Crippen LogP contribution < -0.4 is 15.0 Å². The highest BCUT2D eigenvalue weighted by Gasteiger charge is 2.18. The molecule has 0 spiro atoms. The molecule has 5 aromatic rings. The summed E-state index contributed by atoms with van der Waals surface area (Å²) in [5.41, 5.74) is 2.56. The van der Waals surface area contributed by atoms with Crippen LogP contribution in [0, 0.1) is 0 Å². The highest BCUT2D eigenvalue weighted by molar-refractivity contribution is 5.93. The van der Waals surface area contributed by atoms with E-state index in [4.69, 9.17) is 9.47 Å². The number of aromatic nitrogens is 5. The summed E-state index contributed by atoms with van der Waals surface area (Å²) in [6.07, 6.45) is 3.15. The van der Waals surface area contributed by atoms with E-state index in [1.54, 1.807) is 15.3 Å². The molecule has 0 aliphatic carbocycles. The summed E-state index contributed by atoms with van der Waals surface area (Å²) >= 11 is 0. The maximum atomic E-state index is 13.6. The summed E-state index contributed by atoms with van der Waals surface area (Å²) in [5, 5.41) is 4.77. The van der Waals surface area contributed by atoms with E-state index in [1.807, 2.05) is 54.6 Å². The van der Waals surface area contributed by atoms with Crippen LogP contribution in [0.2, 0.25) is 0 Å². The molecular weight excluding hydrogens is 382 g/mol.